The van der Waals surface area contributed by atoms with E-state index in [1.165, 1.54) is 57.8 Å². The second kappa shape index (κ2) is 11.0. The number of aromatic nitrogens is 6. The molecule has 0 spiro atoms. The van der Waals surface area contributed by atoms with Crippen molar-refractivity contribution in [1.29, 1.82) is 0 Å². The van der Waals surface area contributed by atoms with Gasteiger partial charge in [0.15, 0.2) is 0 Å². The number of rotatable bonds is 5. The number of anilines is 1. The largest absolute Gasteiger partial charge is 0.439 e. The Morgan fingerprint density at radius 2 is 1.88 bits per heavy atom. The second-order valence-electron chi connectivity index (χ2n) is 11.8. The van der Waals surface area contributed by atoms with E-state index >= 15 is 0 Å². The molecule has 0 radical (unpaired) electrons. The molecule has 7 rings (SSSR count). The average molecular weight is 564 g/mol. The predicted molar refractivity (Wildman–Crippen MR) is 157 cm³/mol. The highest BCUT2D eigenvalue weighted by atomic mass is 35.5. The van der Waals surface area contributed by atoms with Crippen molar-refractivity contribution in [3.63, 3.8) is 0 Å². The second-order valence-corrected chi connectivity index (χ2v) is 12.2. The molecule has 4 aromatic heterocycles. The van der Waals surface area contributed by atoms with Crippen LogP contribution in [0.3, 0.4) is 0 Å². The van der Waals surface area contributed by atoms with Gasteiger partial charge in [0, 0.05) is 37.1 Å². The Morgan fingerprint density at radius 3 is 2.65 bits per heavy atom. The van der Waals surface area contributed by atoms with Gasteiger partial charge in [-0.2, -0.15) is 0 Å². The van der Waals surface area contributed by atoms with E-state index in [1.807, 2.05) is 12.1 Å². The molecule has 0 bridgehead atoms. The maximum Gasteiger partial charge on any atom is 0.439 e. The molecule has 9 nitrogen and oxygen atoms in total. The number of H-pyrrole nitrogens is 1. The lowest BCUT2D eigenvalue weighted by Gasteiger charge is -2.39. The molecule has 1 saturated heterocycles. The van der Waals surface area contributed by atoms with Crippen molar-refractivity contribution in [3.05, 3.63) is 40.1 Å². The van der Waals surface area contributed by atoms with Gasteiger partial charge in [-0.25, -0.2) is 14.8 Å². The normalized spacial score (nSPS) is 24.7. The lowest BCUT2D eigenvalue weighted by Crippen LogP contribution is -2.44. The van der Waals surface area contributed by atoms with Crippen LogP contribution >= 0.6 is 11.6 Å². The summed E-state index contributed by atoms with van der Waals surface area (Å²) in [6, 6.07) is 4.35. The lowest BCUT2D eigenvalue weighted by atomic mass is 9.83. The number of pyridine rings is 2. The molecular formula is C30H38ClN7O2. The topological polar surface area (TPSA) is 106 Å². The van der Waals surface area contributed by atoms with E-state index in [9.17, 15) is 4.79 Å². The molecule has 212 valence electrons. The zero-order valence-electron chi connectivity index (χ0n) is 22.3. The van der Waals surface area contributed by atoms with Crippen molar-refractivity contribution in [2.75, 3.05) is 11.4 Å². The van der Waals surface area contributed by atoms with Gasteiger partial charge in [-0.3, -0.25) is 14.5 Å². The van der Waals surface area contributed by atoms with E-state index in [4.69, 9.17) is 26.1 Å². The summed E-state index contributed by atoms with van der Waals surface area (Å²) in [4.78, 5) is 31.7. The minimum Gasteiger partial charge on any atom is -0.339 e. The van der Waals surface area contributed by atoms with Crippen molar-refractivity contribution < 1.29 is 4.52 Å². The van der Waals surface area contributed by atoms with E-state index in [0.29, 0.717) is 22.7 Å². The Morgan fingerprint density at radius 1 is 1.05 bits per heavy atom. The highest BCUT2D eigenvalue weighted by molar-refractivity contribution is 6.30. The highest BCUT2D eigenvalue weighted by Gasteiger charge is 2.38. The van der Waals surface area contributed by atoms with Gasteiger partial charge in [-0.05, 0) is 68.4 Å². The minimum absolute atomic E-state index is 0. The maximum absolute atomic E-state index is 11.8. The first-order valence-electron chi connectivity index (χ1n) is 14.4. The molecule has 2 aliphatic carbocycles. The Balaban J connectivity index is 0.00000289. The zero-order valence-corrected chi connectivity index (χ0v) is 23.0. The first kappa shape index (κ1) is 27.0. The van der Waals surface area contributed by atoms with Gasteiger partial charge in [-0.1, -0.05) is 50.4 Å². The Kier molecular flexibility index (Phi) is 7.42. The van der Waals surface area contributed by atoms with Gasteiger partial charge in [0.2, 0.25) is 11.8 Å². The van der Waals surface area contributed by atoms with E-state index < -0.39 is 5.76 Å². The molecular weight excluding hydrogens is 526 g/mol. The van der Waals surface area contributed by atoms with Crippen molar-refractivity contribution in [2.24, 2.45) is 17.8 Å². The van der Waals surface area contributed by atoms with Crippen LogP contribution in [0, 0.1) is 17.8 Å². The lowest BCUT2D eigenvalue weighted by molar-refractivity contribution is 0.265. The van der Waals surface area contributed by atoms with Gasteiger partial charge in [0.25, 0.3) is 0 Å². The van der Waals surface area contributed by atoms with Crippen LogP contribution in [0.25, 0.3) is 33.8 Å². The highest BCUT2D eigenvalue weighted by Crippen LogP contribution is 2.42. The van der Waals surface area contributed by atoms with E-state index in [0.717, 1.165) is 53.2 Å². The van der Waals surface area contributed by atoms with Crippen molar-refractivity contribution in [1.82, 2.24) is 29.7 Å². The van der Waals surface area contributed by atoms with Gasteiger partial charge >= 0.3 is 5.76 Å². The quantitative estimate of drug-likeness (QED) is 0.287. The maximum atomic E-state index is 11.8. The number of hydrogen-bond acceptors (Lipinski definition) is 7. The molecule has 0 amide bonds. The molecule has 2 atom stereocenters. The van der Waals surface area contributed by atoms with Gasteiger partial charge in [0.1, 0.15) is 5.69 Å². The number of aromatic amines is 1. The standard InChI is InChI=1S/C29H34ClN7O2.CH4/c1-17-7-9-18(10-8-17)16-37-26-22(33-28(37)36-11-3-5-19-4-2-6-24(19)36)13-23(27-34-29(38)39-35-27)32-25(26)20-12-21(30)15-31-14-20;/h12-15,17-19,24H,2-11,16H2,1H3,(H,34,35,38);1H4. The average Bonchev–Trinajstić information content (AvgIpc) is 3.68. The van der Waals surface area contributed by atoms with Crippen LogP contribution < -0.4 is 10.7 Å². The van der Waals surface area contributed by atoms with Gasteiger partial charge in [0.05, 0.1) is 21.7 Å². The van der Waals surface area contributed by atoms with Crippen molar-refractivity contribution in [2.45, 2.75) is 84.7 Å². The number of piperidine rings is 1. The van der Waals surface area contributed by atoms with E-state index in [2.05, 4.69) is 31.5 Å². The fourth-order valence-electron chi connectivity index (χ4n) is 7.21. The molecule has 3 aliphatic rings. The fourth-order valence-corrected chi connectivity index (χ4v) is 7.39. The number of nitrogens with one attached hydrogen (secondary N) is 1. The summed E-state index contributed by atoms with van der Waals surface area (Å²) in [6.45, 7) is 4.30. The SMILES string of the molecule is C.CC1CCC(Cn2c(N3CCCC4CCCC43)nc3cc(-c4noc(=O)[nH]4)nc(-c4cncc(Cl)c4)c32)CC1. The third-order valence-corrected chi connectivity index (χ3v) is 9.40. The third kappa shape index (κ3) is 4.93. The monoisotopic (exact) mass is 563 g/mol. The van der Waals surface area contributed by atoms with Crippen LogP contribution in [0.5, 0.6) is 0 Å². The molecule has 10 heteroatoms. The molecule has 4 aromatic rings. The first-order valence-corrected chi connectivity index (χ1v) is 14.8. The summed E-state index contributed by atoms with van der Waals surface area (Å²) in [7, 11) is 0. The molecule has 2 saturated carbocycles. The van der Waals surface area contributed by atoms with Crippen LogP contribution in [0.4, 0.5) is 5.95 Å². The van der Waals surface area contributed by atoms with Gasteiger partial charge < -0.3 is 9.47 Å². The summed E-state index contributed by atoms with van der Waals surface area (Å²) >= 11 is 6.41. The molecule has 1 aliphatic heterocycles. The third-order valence-electron chi connectivity index (χ3n) is 9.19. The Labute approximate surface area is 239 Å². The van der Waals surface area contributed by atoms with Crippen LogP contribution in [0.2, 0.25) is 5.02 Å². The summed E-state index contributed by atoms with van der Waals surface area (Å²) in [5, 5.41) is 4.46. The first-order chi connectivity index (χ1) is 19.0. The van der Waals surface area contributed by atoms with Crippen LogP contribution in [0.15, 0.2) is 33.8 Å². The molecule has 2 unspecified atom stereocenters. The number of hydrogen-bond donors (Lipinski definition) is 1. The summed E-state index contributed by atoms with van der Waals surface area (Å²) in [5.74, 6) is 2.85. The molecule has 1 N–H and O–H groups in total. The summed E-state index contributed by atoms with van der Waals surface area (Å²) < 4.78 is 7.25. The van der Waals surface area contributed by atoms with E-state index in [1.54, 1.807) is 12.4 Å². The predicted octanol–water partition coefficient (Wildman–Crippen LogP) is 6.72. The zero-order chi connectivity index (χ0) is 26.5. The molecule has 3 fully saturated rings. The van der Waals surface area contributed by atoms with Crippen molar-refractivity contribution >= 4 is 28.6 Å². The number of nitrogens with zero attached hydrogens (tertiary/aromatic N) is 6. The number of fused-ring (bicyclic) bond motifs is 2. The van der Waals surface area contributed by atoms with Crippen LogP contribution in [-0.4, -0.2) is 42.2 Å². The molecule has 5 heterocycles. The minimum atomic E-state index is -0.615. The number of imidazole rings is 1. The number of halogens is 1. The summed E-state index contributed by atoms with van der Waals surface area (Å²) in [5.41, 5.74) is 3.87. The Hall–Kier alpha value is -3.20. The van der Waals surface area contributed by atoms with Crippen LogP contribution in [-0.2, 0) is 6.54 Å². The Bertz CT molecular complexity index is 1550. The molecule has 0 aromatic carbocycles. The molecule has 40 heavy (non-hydrogen) atoms. The fraction of sp³-hybridized carbons (Fsp3) is 0.567. The van der Waals surface area contributed by atoms with E-state index in [-0.39, 0.29) is 13.3 Å². The smallest absolute Gasteiger partial charge is 0.339 e. The van der Waals surface area contributed by atoms with Gasteiger partial charge in [-0.15, -0.1) is 0 Å². The van der Waals surface area contributed by atoms with Crippen molar-refractivity contribution in [3.8, 4) is 22.8 Å². The summed E-state index contributed by atoms with van der Waals surface area (Å²) in [6.07, 6.45) is 14.7. The van der Waals surface area contributed by atoms with Crippen LogP contribution in [0.1, 0.15) is 72.1 Å².